The number of aromatic nitrogens is 2. The lowest BCUT2D eigenvalue weighted by molar-refractivity contribution is -0.137. The van der Waals surface area contributed by atoms with Crippen LogP contribution in [0.4, 0.5) is 5.69 Å². The summed E-state index contributed by atoms with van der Waals surface area (Å²) >= 11 is 6.33. The molecule has 0 fully saturated rings. The highest BCUT2D eigenvalue weighted by atomic mass is 35.5. The number of benzene rings is 1. The van der Waals surface area contributed by atoms with Gasteiger partial charge in [-0.15, -0.1) is 0 Å². The molecule has 0 amide bonds. The standard InChI is InChI=1S/C19H24ClN3O2/c1-3-5-6-17-22-19(20)16(11-12-18(24)25-4-2)23(17)13-14-7-9-15(21)10-8-14/h7-12H,3-6,13,21H2,1-2H3. The predicted octanol–water partition coefficient (Wildman–Crippen LogP) is 4.09. The molecule has 0 radical (unpaired) electrons. The second kappa shape index (κ2) is 9.28. The SMILES string of the molecule is CCCCc1nc(Cl)c(C=CC(=O)OCC)n1Cc1ccc(N)cc1. The average Bonchev–Trinajstić information content (AvgIpc) is 2.88. The molecule has 1 aromatic heterocycles. The highest BCUT2D eigenvalue weighted by Crippen LogP contribution is 2.22. The van der Waals surface area contributed by atoms with Crippen LogP contribution in [0.25, 0.3) is 6.08 Å². The van der Waals surface area contributed by atoms with Gasteiger partial charge in [0.05, 0.1) is 12.3 Å². The van der Waals surface area contributed by atoms with Gasteiger partial charge < -0.3 is 15.0 Å². The molecule has 0 unspecified atom stereocenters. The van der Waals surface area contributed by atoms with Gasteiger partial charge in [-0.25, -0.2) is 9.78 Å². The summed E-state index contributed by atoms with van der Waals surface area (Å²) in [5.74, 6) is 0.515. The van der Waals surface area contributed by atoms with Gasteiger partial charge in [0.1, 0.15) is 5.82 Å². The number of halogens is 1. The van der Waals surface area contributed by atoms with Crippen molar-refractivity contribution in [3.8, 4) is 0 Å². The Bertz CT molecular complexity index is 736. The number of esters is 1. The van der Waals surface area contributed by atoms with Crippen LogP contribution in [0.3, 0.4) is 0 Å². The Morgan fingerprint density at radius 3 is 2.68 bits per heavy atom. The van der Waals surface area contributed by atoms with Gasteiger partial charge in [0, 0.05) is 24.7 Å². The first-order valence-corrected chi connectivity index (χ1v) is 8.87. The summed E-state index contributed by atoms with van der Waals surface area (Å²) in [6.07, 6.45) is 5.98. The number of imidazole rings is 1. The van der Waals surface area contributed by atoms with Gasteiger partial charge in [-0.05, 0) is 37.1 Å². The van der Waals surface area contributed by atoms with Gasteiger partial charge in [-0.3, -0.25) is 0 Å². The smallest absolute Gasteiger partial charge is 0.330 e. The predicted molar refractivity (Wildman–Crippen MR) is 101 cm³/mol. The number of hydrogen-bond donors (Lipinski definition) is 1. The molecule has 1 aromatic carbocycles. The van der Waals surface area contributed by atoms with E-state index in [0.717, 1.165) is 36.3 Å². The molecular weight excluding hydrogens is 338 g/mol. The van der Waals surface area contributed by atoms with Crippen LogP contribution >= 0.6 is 11.6 Å². The fourth-order valence-electron chi connectivity index (χ4n) is 2.49. The molecule has 6 heteroatoms. The lowest BCUT2D eigenvalue weighted by Crippen LogP contribution is -2.08. The summed E-state index contributed by atoms with van der Waals surface area (Å²) in [6, 6.07) is 7.69. The number of aryl methyl sites for hydroxylation is 1. The van der Waals surface area contributed by atoms with Crippen molar-refractivity contribution < 1.29 is 9.53 Å². The van der Waals surface area contributed by atoms with E-state index in [4.69, 9.17) is 22.1 Å². The molecule has 0 saturated heterocycles. The summed E-state index contributed by atoms with van der Waals surface area (Å²) < 4.78 is 6.98. The number of anilines is 1. The van der Waals surface area contributed by atoms with E-state index in [2.05, 4.69) is 11.9 Å². The average molecular weight is 362 g/mol. The quantitative estimate of drug-likeness (QED) is 0.437. The van der Waals surface area contributed by atoms with Crippen molar-refractivity contribution in [2.75, 3.05) is 12.3 Å². The van der Waals surface area contributed by atoms with Crippen molar-refractivity contribution in [1.29, 1.82) is 0 Å². The zero-order valence-electron chi connectivity index (χ0n) is 14.7. The molecule has 134 valence electrons. The van der Waals surface area contributed by atoms with Crippen LogP contribution in [0, 0.1) is 0 Å². The third kappa shape index (κ3) is 5.36. The van der Waals surface area contributed by atoms with Crippen LogP contribution in [-0.2, 0) is 22.5 Å². The molecule has 2 N–H and O–H groups in total. The van der Waals surface area contributed by atoms with Crippen molar-refractivity contribution in [3.63, 3.8) is 0 Å². The summed E-state index contributed by atoms with van der Waals surface area (Å²) in [5.41, 5.74) is 8.28. The van der Waals surface area contributed by atoms with Crippen LogP contribution in [0.1, 0.15) is 43.8 Å². The molecule has 0 spiro atoms. The van der Waals surface area contributed by atoms with Crippen LogP contribution in [0.15, 0.2) is 30.3 Å². The van der Waals surface area contributed by atoms with Crippen molar-refractivity contribution in [3.05, 3.63) is 52.6 Å². The van der Waals surface area contributed by atoms with Gasteiger partial charge in [0.2, 0.25) is 0 Å². The van der Waals surface area contributed by atoms with Crippen molar-refractivity contribution in [1.82, 2.24) is 9.55 Å². The molecule has 25 heavy (non-hydrogen) atoms. The molecule has 0 aliphatic carbocycles. The second-order valence-corrected chi connectivity index (χ2v) is 6.08. The first-order valence-electron chi connectivity index (χ1n) is 8.49. The maximum atomic E-state index is 11.6. The molecule has 0 aliphatic heterocycles. The van der Waals surface area contributed by atoms with Gasteiger partial charge in [-0.1, -0.05) is 37.1 Å². The normalized spacial score (nSPS) is 11.2. The number of unbranched alkanes of at least 4 members (excludes halogenated alkanes) is 1. The Morgan fingerprint density at radius 2 is 2.04 bits per heavy atom. The zero-order valence-corrected chi connectivity index (χ0v) is 15.4. The Labute approximate surface area is 153 Å². The van der Waals surface area contributed by atoms with Gasteiger partial charge in [0.25, 0.3) is 0 Å². The largest absolute Gasteiger partial charge is 0.463 e. The Hall–Kier alpha value is -2.27. The highest BCUT2D eigenvalue weighted by Gasteiger charge is 2.14. The molecule has 0 bridgehead atoms. The minimum Gasteiger partial charge on any atom is -0.463 e. The highest BCUT2D eigenvalue weighted by molar-refractivity contribution is 6.30. The Morgan fingerprint density at radius 1 is 1.32 bits per heavy atom. The lowest BCUT2D eigenvalue weighted by atomic mass is 10.2. The topological polar surface area (TPSA) is 70.1 Å². The fourth-order valence-corrected chi connectivity index (χ4v) is 2.75. The first-order chi connectivity index (χ1) is 12.0. The number of nitrogens with two attached hydrogens (primary N) is 1. The number of hydrogen-bond acceptors (Lipinski definition) is 4. The van der Waals surface area contributed by atoms with Crippen molar-refractivity contribution >= 4 is 29.3 Å². The van der Waals surface area contributed by atoms with Crippen LogP contribution in [0.2, 0.25) is 5.15 Å². The van der Waals surface area contributed by atoms with E-state index in [0.29, 0.717) is 24.0 Å². The van der Waals surface area contributed by atoms with E-state index < -0.39 is 5.97 Å². The Balaban J connectivity index is 2.34. The minimum atomic E-state index is -0.395. The van der Waals surface area contributed by atoms with E-state index in [1.54, 1.807) is 13.0 Å². The molecule has 0 aliphatic rings. The fraction of sp³-hybridized carbons (Fsp3) is 0.368. The van der Waals surface area contributed by atoms with E-state index >= 15 is 0 Å². The number of nitrogens with zero attached hydrogens (tertiary/aromatic N) is 2. The number of rotatable bonds is 8. The maximum Gasteiger partial charge on any atom is 0.330 e. The van der Waals surface area contributed by atoms with Gasteiger partial charge in [-0.2, -0.15) is 0 Å². The number of ether oxygens (including phenoxy) is 1. The van der Waals surface area contributed by atoms with Crippen LogP contribution in [-0.4, -0.2) is 22.1 Å². The maximum absolute atomic E-state index is 11.6. The molecule has 2 aromatic rings. The third-order valence-corrected chi connectivity index (χ3v) is 4.06. The minimum absolute atomic E-state index is 0.337. The van der Waals surface area contributed by atoms with E-state index in [-0.39, 0.29) is 0 Å². The Kier molecular flexibility index (Phi) is 7.07. The second-order valence-electron chi connectivity index (χ2n) is 5.72. The molecule has 0 saturated carbocycles. The monoisotopic (exact) mass is 361 g/mol. The van der Waals surface area contributed by atoms with Crippen LogP contribution in [0.5, 0.6) is 0 Å². The molecule has 2 rings (SSSR count). The van der Waals surface area contributed by atoms with Gasteiger partial charge in [0.15, 0.2) is 5.15 Å². The van der Waals surface area contributed by atoms with E-state index in [9.17, 15) is 4.79 Å². The molecule has 5 nitrogen and oxygen atoms in total. The molecular formula is C19H24ClN3O2. The first kappa shape index (κ1) is 19.1. The zero-order chi connectivity index (χ0) is 18.2. The van der Waals surface area contributed by atoms with Gasteiger partial charge >= 0.3 is 5.97 Å². The molecule has 0 atom stereocenters. The number of nitrogen functional groups attached to an aromatic ring is 1. The number of carbonyl (C=O) groups excluding carboxylic acids is 1. The van der Waals surface area contributed by atoms with Crippen molar-refractivity contribution in [2.24, 2.45) is 0 Å². The summed E-state index contributed by atoms with van der Waals surface area (Å²) in [7, 11) is 0. The summed E-state index contributed by atoms with van der Waals surface area (Å²) in [6.45, 7) is 4.86. The lowest BCUT2D eigenvalue weighted by Gasteiger charge is -2.11. The van der Waals surface area contributed by atoms with Crippen molar-refractivity contribution in [2.45, 2.75) is 39.7 Å². The van der Waals surface area contributed by atoms with E-state index in [1.807, 2.05) is 28.8 Å². The third-order valence-electron chi connectivity index (χ3n) is 3.78. The summed E-state index contributed by atoms with van der Waals surface area (Å²) in [4.78, 5) is 16.1. The molecule has 1 heterocycles. The van der Waals surface area contributed by atoms with Crippen LogP contribution < -0.4 is 5.73 Å². The summed E-state index contributed by atoms with van der Waals surface area (Å²) in [5, 5.41) is 0.391. The van der Waals surface area contributed by atoms with E-state index in [1.165, 1.54) is 6.08 Å². The number of carbonyl (C=O) groups is 1.